The molecule has 0 fully saturated rings. The SMILES string of the molecule is CCCCC/C=C\C/C=C\CCCCCCCCCCCC(=O)OCCCCCCCCCCCCCC/C=C\CCCCCCCCCC(=O)NC(CO)C(O)/C=C/CCCCCCCCCCCCCCCCCCCC. The van der Waals surface area contributed by atoms with E-state index in [0.29, 0.717) is 19.4 Å². The predicted molar refractivity (Wildman–Crippen MR) is 347 cm³/mol. The van der Waals surface area contributed by atoms with Crippen molar-refractivity contribution < 1.29 is 24.5 Å². The zero-order valence-corrected chi connectivity index (χ0v) is 53.1. The van der Waals surface area contributed by atoms with E-state index in [1.807, 2.05) is 6.08 Å². The van der Waals surface area contributed by atoms with Gasteiger partial charge in [0.05, 0.1) is 25.4 Å². The molecule has 0 aliphatic rings. The Morgan fingerprint density at radius 1 is 0.354 bits per heavy atom. The predicted octanol–water partition coefficient (Wildman–Crippen LogP) is 22.9. The van der Waals surface area contributed by atoms with Crippen LogP contribution in [0.15, 0.2) is 48.6 Å². The molecule has 6 nitrogen and oxygen atoms in total. The van der Waals surface area contributed by atoms with Crippen molar-refractivity contribution in [1.82, 2.24) is 5.32 Å². The summed E-state index contributed by atoms with van der Waals surface area (Å²) in [6, 6.07) is -0.634. The van der Waals surface area contributed by atoms with Gasteiger partial charge in [0.1, 0.15) is 0 Å². The highest BCUT2D eigenvalue weighted by atomic mass is 16.5. The van der Waals surface area contributed by atoms with Crippen LogP contribution in [0.2, 0.25) is 0 Å². The molecule has 0 aliphatic heterocycles. The quantitative estimate of drug-likeness (QED) is 0.0320. The Labute approximate surface area is 493 Å². The molecule has 0 aliphatic carbocycles. The number of ether oxygens (including phenoxy) is 1. The number of aliphatic hydroxyl groups is 2. The molecular weight excluding hydrogens is 971 g/mol. The number of allylic oxidation sites excluding steroid dienone is 7. The first kappa shape index (κ1) is 76.8. The largest absolute Gasteiger partial charge is 0.466 e. The summed E-state index contributed by atoms with van der Waals surface area (Å²) in [6.45, 7) is 4.90. The molecule has 0 heterocycles. The van der Waals surface area contributed by atoms with Crippen LogP contribution in [0.5, 0.6) is 0 Å². The van der Waals surface area contributed by atoms with Gasteiger partial charge in [0, 0.05) is 12.8 Å². The molecular formula is C73H137NO5. The molecule has 0 saturated heterocycles. The van der Waals surface area contributed by atoms with Gasteiger partial charge in [-0.2, -0.15) is 0 Å². The minimum absolute atomic E-state index is 0.00749. The van der Waals surface area contributed by atoms with Crippen molar-refractivity contribution >= 4 is 11.9 Å². The first-order valence-corrected chi connectivity index (χ1v) is 35.4. The number of carbonyl (C=O) groups is 2. The highest BCUT2D eigenvalue weighted by Gasteiger charge is 2.18. The molecule has 0 spiro atoms. The Hall–Kier alpha value is -2.18. The fraction of sp³-hybridized carbons (Fsp3) is 0.863. The van der Waals surface area contributed by atoms with Crippen LogP contribution in [-0.2, 0) is 14.3 Å². The molecule has 0 aromatic rings. The van der Waals surface area contributed by atoms with Crippen molar-refractivity contribution in [2.24, 2.45) is 0 Å². The third kappa shape index (κ3) is 64.8. The molecule has 464 valence electrons. The molecule has 0 rings (SSSR count). The molecule has 0 saturated carbocycles. The van der Waals surface area contributed by atoms with E-state index in [0.717, 1.165) is 57.8 Å². The van der Waals surface area contributed by atoms with Gasteiger partial charge in [-0.05, 0) is 89.9 Å². The van der Waals surface area contributed by atoms with Crippen molar-refractivity contribution in [3.63, 3.8) is 0 Å². The Balaban J connectivity index is 3.43. The zero-order valence-electron chi connectivity index (χ0n) is 53.1. The summed E-state index contributed by atoms with van der Waals surface area (Å²) in [7, 11) is 0. The van der Waals surface area contributed by atoms with Gasteiger partial charge >= 0.3 is 5.97 Å². The lowest BCUT2D eigenvalue weighted by Gasteiger charge is -2.20. The summed E-state index contributed by atoms with van der Waals surface area (Å²) in [5.74, 6) is -0.0640. The monoisotopic (exact) mass is 1110 g/mol. The number of esters is 1. The molecule has 0 aromatic heterocycles. The van der Waals surface area contributed by atoms with E-state index >= 15 is 0 Å². The summed E-state index contributed by atoms with van der Waals surface area (Å²) in [5.41, 5.74) is 0. The summed E-state index contributed by atoms with van der Waals surface area (Å²) >= 11 is 0. The molecule has 0 bridgehead atoms. The lowest BCUT2D eigenvalue weighted by Crippen LogP contribution is -2.45. The Kier molecular flexibility index (Phi) is 66.4. The molecule has 2 unspecified atom stereocenters. The van der Waals surface area contributed by atoms with E-state index < -0.39 is 12.1 Å². The number of aliphatic hydroxyl groups excluding tert-OH is 2. The topological polar surface area (TPSA) is 95.9 Å². The molecule has 1 amide bonds. The van der Waals surface area contributed by atoms with Gasteiger partial charge < -0.3 is 20.3 Å². The summed E-state index contributed by atoms with van der Waals surface area (Å²) < 4.78 is 5.50. The van der Waals surface area contributed by atoms with Crippen LogP contribution in [0.1, 0.15) is 380 Å². The normalized spacial score (nSPS) is 12.8. The smallest absolute Gasteiger partial charge is 0.305 e. The van der Waals surface area contributed by atoms with Crippen LogP contribution < -0.4 is 5.32 Å². The average molecular weight is 1110 g/mol. The number of hydrogen-bond acceptors (Lipinski definition) is 5. The fourth-order valence-corrected chi connectivity index (χ4v) is 10.9. The van der Waals surface area contributed by atoms with Crippen LogP contribution in [0.4, 0.5) is 0 Å². The minimum atomic E-state index is -0.850. The summed E-state index contributed by atoms with van der Waals surface area (Å²) in [5, 5.41) is 23.2. The Morgan fingerprint density at radius 3 is 1.00 bits per heavy atom. The second-order valence-electron chi connectivity index (χ2n) is 24.2. The van der Waals surface area contributed by atoms with E-state index in [1.165, 1.54) is 295 Å². The number of rotatable bonds is 66. The number of hydrogen-bond donors (Lipinski definition) is 3. The van der Waals surface area contributed by atoms with Gasteiger partial charge in [0.25, 0.3) is 0 Å². The third-order valence-electron chi connectivity index (χ3n) is 16.3. The van der Waals surface area contributed by atoms with Gasteiger partial charge in [-0.25, -0.2) is 0 Å². The van der Waals surface area contributed by atoms with Crippen LogP contribution in [-0.4, -0.2) is 47.4 Å². The van der Waals surface area contributed by atoms with Gasteiger partial charge in [-0.15, -0.1) is 0 Å². The molecule has 2 atom stereocenters. The minimum Gasteiger partial charge on any atom is -0.466 e. The lowest BCUT2D eigenvalue weighted by molar-refractivity contribution is -0.143. The maximum absolute atomic E-state index is 12.5. The fourth-order valence-electron chi connectivity index (χ4n) is 10.9. The van der Waals surface area contributed by atoms with Gasteiger partial charge in [-0.1, -0.05) is 326 Å². The molecule has 0 radical (unpaired) electrons. The first-order chi connectivity index (χ1) is 39.0. The van der Waals surface area contributed by atoms with Crippen molar-refractivity contribution in [3.05, 3.63) is 48.6 Å². The van der Waals surface area contributed by atoms with E-state index in [4.69, 9.17) is 4.74 Å². The van der Waals surface area contributed by atoms with E-state index in [2.05, 4.69) is 55.6 Å². The highest BCUT2D eigenvalue weighted by molar-refractivity contribution is 5.76. The van der Waals surface area contributed by atoms with Crippen molar-refractivity contribution in [2.75, 3.05) is 13.2 Å². The summed E-state index contributed by atoms with van der Waals surface area (Å²) in [4.78, 5) is 24.6. The molecule has 3 N–H and O–H groups in total. The number of carbonyl (C=O) groups excluding carboxylic acids is 2. The van der Waals surface area contributed by atoms with Crippen LogP contribution in [0.25, 0.3) is 0 Å². The van der Waals surface area contributed by atoms with Gasteiger partial charge in [-0.3, -0.25) is 9.59 Å². The standard InChI is InChI=1S/C73H137NO5/c1-3-5-7-9-11-13-15-17-19-21-23-30-33-37-41-45-49-53-57-61-65-71(76)70(69-75)74-72(77)66-62-58-54-50-46-42-38-34-31-27-25-24-26-28-32-36-40-44-48-52-56-60-64-68-79-73(78)67-63-59-55-51-47-43-39-35-29-22-20-18-16-14-12-10-8-6-4-2/h12,14,18,20,27,31,61,65,70-71,75-76H,3-11,13,15-17,19,21-26,28-30,32-60,62-64,66-69H2,1-2H3,(H,74,77)/b14-12-,20-18-,31-27-,65-61+. The Bertz CT molecular complexity index is 1320. The van der Waals surface area contributed by atoms with Gasteiger partial charge in [0.15, 0.2) is 0 Å². The molecule has 6 heteroatoms. The van der Waals surface area contributed by atoms with Crippen LogP contribution >= 0.6 is 0 Å². The maximum Gasteiger partial charge on any atom is 0.305 e. The highest BCUT2D eigenvalue weighted by Crippen LogP contribution is 2.18. The van der Waals surface area contributed by atoms with Crippen molar-refractivity contribution in [3.8, 4) is 0 Å². The Morgan fingerprint density at radius 2 is 0.633 bits per heavy atom. The van der Waals surface area contributed by atoms with Crippen LogP contribution in [0.3, 0.4) is 0 Å². The second kappa shape index (κ2) is 68.3. The number of unbranched alkanes of at least 4 members (excludes halogenated alkanes) is 49. The van der Waals surface area contributed by atoms with Gasteiger partial charge in [0.2, 0.25) is 5.91 Å². The third-order valence-corrected chi connectivity index (χ3v) is 16.3. The number of nitrogens with one attached hydrogen (secondary N) is 1. The van der Waals surface area contributed by atoms with Crippen molar-refractivity contribution in [2.45, 2.75) is 392 Å². The first-order valence-electron chi connectivity index (χ1n) is 35.4. The average Bonchev–Trinajstić information content (AvgIpc) is 3.45. The molecule has 79 heavy (non-hydrogen) atoms. The van der Waals surface area contributed by atoms with Crippen LogP contribution in [0, 0.1) is 0 Å². The van der Waals surface area contributed by atoms with Crippen molar-refractivity contribution in [1.29, 1.82) is 0 Å². The lowest BCUT2D eigenvalue weighted by atomic mass is 10.0. The number of amides is 1. The molecule has 0 aromatic carbocycles. The van der Waals surface area contributed by atoms with E-state index in [9.17, 15) is 19.8 Å². The summed E-state index contributed by atoms with van der Waals surface area (Å²) in [6.07, 6.45) is 88.9. The van der Waals surface area contributed by atoms with E-state index in [-0.39, 0.29) is 18.5 Å². The van der Waals surface area contributed by atoms with E-state index in [1.54, 1.807) is 6.08 Å². The zero-order chi connectivity index (χ0) is 57.1. The maximum atomic E-state index is 12.5. The second-order valence-corrected chi connectivity index (χ2v) is 24.2.